The number of aliphatic hydroxyl groups is 13. The highest BCUT2D eigenvalue weighted by molar-refractivity contribution is 5.88. The molecule has 362 valence electrons. The van der Waals surface area contributed by atoms with Crippen molar-refractivity contribution in [2.75, 3.05) is 19.8 Å². The molecule has 0 radical (unpaired) electrons. The first kappa shape index (κ1) is 48.8. The number of hydrogen-bond donors (Lipinski definition) is 16. The number of phenolic OH excluding ortho intramolecular Hbond substituents is 3. The summed E-state index contributed by atoms with van der Waals surface area (Å²) in [5.74, 6) is -3.90. The summed E-state index contributed by atoms with van der Waals surface area (Å²) in [6.07, 6.45) is -35.5. The Morgan fingerprint density at radius 2 is 1.03 bits per heavy atom. The van der Waals surface area contributed by atoms with Crippen LogP contribution in [0.5, 0.6) is 28.7 Å². The van der Waals surface area contributed by atoms with Crippen LogP contribution >= 0.6 is 0 Å². The second-order valence-corrected chi connectivity index (χ2v) is 15.8. The highest BCUT2D eigenvalue weighted by atomic mass is 16.8. The Balaban J connectivity index is 1.14. The molecular formula is C39H50O26. The van der Waals surface area contributed by atoms with Crippen molar-refractivity contribution >= 4 is 11.0 Å². The van der Waals surface area contributed by atoms with Gasteiger partial charge in [0.1, 0.15) is 114 Å². The smallest absolute Gasteiger partial charge is 0.239 e. The van der Waals surface area contributed by atoms with E-state index in [-0.39, 0.29) is 11.3 Å². The quantitative estimate of drug-likeness (QED) is 0.0751. The fourth-order valence-corrected chi connectivity index (χ4v) is 7.79. The molecule has 16 N–H and O–H groups in total. The van der Waals surface area contributed by atoms with Crippen molar-refractivity contribution in [1.29, 1.82) is 0 Å². The summed E-state index contributed by atoms with van der Waals surface area (Å²) < 4.78 is 50.7. The molecule has 3 aromatic rings. The molecule has 20 atom stereocenters. The predicted molar refractivity (Wildman–Crippen MR) is 206 cm³/mol. The summed E-state index contributed by atoms with van der Waals surface area (Å²) in [4.78, 5) is 14.2. The van der Waals surface area contributed by atoms with Crippen LogP contribution in [0.25, 0.3) is 22.3 Å². The Hall–Kier alpha value is -4.11. The van der Waals surface area contributed by atoms with E-state index in [4.69, 9.17) is 42.3 Å². The molecule has 4 saturated heterocycles. The van der Waals surface area contributed by atoms with Gasteiger partial charge in [-0.3, -0.25) is 4.79 Å². The summed E-state index contributed by atoms with van der Waals surface area (Å²) in [6.45, 7) is -1.35. The van der Waals surface area contributed by atoms with Crippen LogP contribution < -0.4 is 14.9 Å². The van der Waals surface area contributed by atoms with Gasteiger partial charge in [-0.2, -0.15) is 0 Å². The van der Waals surface area contributed by atoms with Crippen molar-refractivity contribution in [2.45, 2.75) is 130 Å². The monoisotopic (exact) mass is 934 g/mol. The van der Waals surface area contributed by atoms with Crippen molar-refractivity contribution in [3.05, 3.63) is 40.6 Å². The number of hydrogen-bond acceptors (Lipinski definition) is 26. The standard InChI is InChI=1S/C39H50O26/c1-10-21(46)24(49)28(53)36(57-10)63-33-18(8-41)61-38(30(55)26(33)51)64-34-19(9-42)62-39(31(56)27(34)52)65-35-23(48)20-15(45)5-12(58-37-29(54)25(50)22(47)17(7-40)60-37)6-16(20)59-32(35)11-2-3-13(43)14(44)4-11/h2-6,10,17-19,21-22,24-31,33-34,36-47,49-56H,7-9H2,1H3/t10-,17-,18+,19+,21-,22-,24-,25-,26+,27+,28-,29-,30+,31+,33-,34-,36-,37-,38-,39+/m0/s1. The third-order valence-electron chi connectivity index (χ3n) is 11.5. The van der Waals surface area contributed by atoms with Gasteiger partial charge in [0.2, 0.25) is 23.8 Å². The van der Waals surface area contributed by atoms with Gasteiger partial charge >= 0.3 is 0 Å². The Kier molecular flexibility index (Phi) is 14.7. The van der Waals surface area contributed by atoms with Gasteiger partial charge in [0.25, 0.3) is 0 Å². The second kappa shape index (κ2) is 19.6. The lowest BCUT2D eigenvalue weighted by Crippen LogP contribution is -2.66. The second-order valence-electron chi connectivity index (χ2n) is 15.8. The molecule has 0 bridgehead atoms. The third-order valence-corrected chi connectivity index (χ3v) is 11.5. The van der Waals surface area contributed by atoms with Crippen LogP contribution in [0.2, 0.25) is 0 Å². The summed E-state index contributed by atoms with van der Waals surface area (Å²) in [5, 5.41) is 167. The molecule has 1 aromatic heterocycles. The molecule has 4 aliphatic rings. The third kappa shape index (κ3) is 9.30. The fourth-order valence-electron chi connectivity index (χ4n) is 7.79. The van der Waals surface area contributed by atoms with E-state index < -0.39 is 188 Å². The first-order valence-corrected chi connectivity index (χ1v) is 20.1. The van der Waals surface area contributed by atoms with Crippen molar-refractivity contribution in [1.82, 2.24) is 0 Å². The van der Waals surface area contributed by atoms with Crippen molar-refractivity contribution < 1.29 is 124 Å². The summed E-state index contributed by atoms with van der Waals surface area (Å²) in [5.41, 5.74) is -1.80. The van der Waals surface area contributed by atoms with E-state index in [0.717, 1.165) is 30.3 Å². The predicted octanol–water partition coefficient (Wildman–Crippen LogP) is -6.39. The number of fused-ring (bicyclic) bond motifs is 1. The molecule has 0 unspecified atom stereocenters. The minimum absolute atomic E-state index is 0.171. The molecule has 65 heavy (non-hydrogen) atoms. The Morgan fingerprint density at radius 3 is 1.63 bits per heavy atom. The minimum atomic E-state index is -2.20. The number of phenols is 3. The van der Waals surface area contributed by atoms with Gasteiger partial charge in [0, 0.05) is 17.7 Å². The molecule has 0 saturated carbocycles. The maximum Gasteiger partial charge on any atom is 0.239 e. The zero-order valence-electron chi connectivity index (χ0n) is 33.8. The van der Waals surface area contributed by atoms with Crippen molar-refractivity contribution in [2.24, 2.45) is 0 Å². The van der Waals surface area contributed by atoms with Gasteiger partial charge in [-0.25, -0.2) is 0 Å². The first-order valence-electron chi connectivity index (χ1n) is 20.1. The van der Waals surface area contributed by atoms with E-state index >= 15 is 0 Å². The van der Waals surface area contributed by atoms with E-state index in [1.54, 1.807) is 0 Å². The number of aromatic hydroxyl groups is 3. The van der Waals surface area contributed by atoms with Crippen LogP contribution in [0.4, 0.5) is 0 Å². The minimum Gasteiger partial charge on any atom is -0.507 e. The average molecular weight is 935 g/mol. The molecule has 7 rings (SSSR count). The van der Waals surface area contributed by atoms with Crippen LogP contribution in [-0.4, -0.2) is 224 Å². The maximum absolute atomic E-state index is 14.2. The molecular weight excluding hydrogens is 884 g/mol. The molecule has 4 aliphatic heterocycles. The maximum atomic E-state index is 14.2. The topological polar surface area (TPSA) is 428 Å². The van der Waals surface area contributed by atoms with Crippen LogP contribution in [-0.2, 0) is 28.4 Å². The summed E-state index contributed by atoms with van der Waals surface area (Å²) in [6, 6.07) is 5.00. The van der Waals surface area contributed by atoms with E-state index in [9.17, 15) is 86.5 Å². The highest BCUT2D eigenvalue weighted by Gasteiger charge is 2.54. The zero-order chi connectivity index (χ0) is 47.3. The number of aliphatic hydroxyl groups excluding tert-OH is 13. The van der Waals surface area contributed by atoms with Crippen LogP contribution in [0.15, 0.2) is 39.5 Å². The Bertz CT molecular complexity index is 2170. The molecule has 26 nitrogen and oxygen atoms in total. The average Bonchev–Trinajstić information content (AvgIpc) is 3.28. The lowest BCUT2D eigenvalue weighted by atomic mass is 9.96. The molecule has 2 aromatic carbocycles. The fraction of sp³-hybridized carbons (Fsp3) is 0.615. The highest BCUT2D eigenvalue weighted by Crippen LogP contribution is 2.41. The molecule has 0 spiro atoms. The van der Waals surface area contributed by atoms with Gasteiger partial charge < -0.3 is 124 Å². The van der Waals surface area contributed by atoms with E-state index in [1.165, 1.54) is 6.92 Å². The van der Waals surface area contributed by atoms with E-state index in [1.807, 2.05) is 0 Å². The Morgan fingerprint density at radius 1 is 0.523 bits per heavy atom. The van der Waals surface area contributed by atoms with Crippen molar-refractivity contribution in [3.8, 4) is 40.1 Å². The SMILES string of the molecule is C[C@@H]1O[C@@H](O[C@@H]2[C@H](O)[C@@H](O)[C@H](O[C@@H]3[C@H](O)[C@@H](O)[C@@H](Oc4c(-c5ccc(O)c(O)c5)oc5cc(O[C@H]6O[C@@H](CO)[C@H](O)[C@H](O)[C@@H]6O)cc(O)c5c4=O)O[C@@H]3CO)O[C@@H]2CO)[C@@H](O)[C@@H](O)[C@H]1O. The molecule has 0 amide bonds. The zero-order valence-corrected chi connectivity index (χ0v) is 33.8. The van der Waals surface area contributed by atoms with Gasteiger partial charge in [-0.05, 0) is 25.1 Å². The van der Waals surface area contributed by atoms with E-state index in [2.05, 4.69) is 0 Å². The molecule has 0 aliphatic carbocycles. The normalized spacial score (nSPS) is 40.2. The largest absolute Gasteiger partial charge is 0.507 e. The van der Waals surface area contributed by atoms with Crippen LogP contribution in [0, 0.1) is 0 Å². The lowest BCUT2D eigenvalue weighted by Gasteiger charge is -2.48. The molecule has 4 fully saturated rings. The summed E-state index contributed by atoms with van der Waals surface area (Å²) in [7, 11) is 0. The molecule has 5 heterocycles. The number of rotatable bonds is 12. The number of ether oxygens (including phenoxy) is 8. The summed E-state index contributed by atoms with van der Waals surface area (Å²) >= 11 is 0. The number of benzene rings is 2. The van der Waals surface area contributed by atoms with Crippen molar-refractivity contribution in [3.63, 3.8) is 0 Å². The van der Waals surface area contributed by atoms with Gasteiger partial charge in [-0.1, -0.05) is 0 Å². The first-order chi connectivity index (χ1) is 30.8. The lowest BCUT2D eigenvalue weighted by molar-refractivity contribution is -0.375. The Labute approximate surface area is 364 Å². The molecule has 26 heteroatoms. The van der Waals surface area contributed by atoms with Crippen LogP contribution in [0.1, 0.15) is 6.92 Å². The van der Waals surface area contributed by atoms with Gasteiger partial charge in [-0.15, -0.1) is 0 Å². The van der Waals surface area contributed by atoms with Crippen LogP contribution in [0.3, 0.4) is 0 Å². The van der Waals surface area contributed by atoms with E-state index in [0.29, 0.717) is 0 Å². The van der Waals surface area contributed by atoms with Gasteiger partial charge in [0.15, 0.2) is 29.8 Å². The van der Waals surface area contributed by atoms with Gasteiger partial charge in [0.05, 0.1) is 25.9 Å².